The number of azide groups is 1. The Kier molecular flexibility index (Phi) is 7.13. The van der Waals surface area contributed by atoms with Gasteiger partial charge in [-0.2, -0.15) is 13.9 Å². The number of nitrogens with one attached hydrogen (secondary N) is 1. The molecule has 3 rings (SSSR count). The number of amides is 1. The highest BCUT2D eigenvalue weighted by Gasteiger charge is 2.42. The average molecular weight is 514 g/mol. The maximum atomic E-state index is 13.7. The van der Waals surface area contributed by atoms with Gasteiger partial charge >= 0.3 is 12.6 Å². The second-order valence-corrected chi connectivity index (χ2v) is 10.5. The number of hydrogen-bond acceptors (Lipinski definition) is 7. The Morgan fingerprint density at radius 2 is 2.09 bits per heavy atom. The predicted molar refractivity (Wildman–Crippen MR) is 122 cm³/mol. The van der Waals surface area contributed by atoms with E-state index >= 15 is 0 Å². The minimum Gasteiger partial charge on any atom is -0.486 e. The first kappa shape index (κ1) is 26.0. The third kappa shape index (κ3) is 5.57. The van der Waals surface area contributed by atoms with E-state index in [2.05, 4.69) is 20.4 Å². The lowest BCUT2D eigenvalue weighted by Gasteiger charge is -2.40. The van der Waals surface area contributed by atoms with Crippen molar-refractivity contribution in [1.29, 1.82) is 0 Å². The summed E-state index contributed by atoms with van der Waals surface area (Å²) in [6.45, 7) is 4.68. The minimum atomic E-state index is -4.44. The fraction of sp³-hybridized carbons (Fsp3) is 0.500. The molecule has 0 unspecified atom stereocenters. The first-order chi connectivity index (χ1) is 16.2. The quantitative estimate of drug-likeness (QED) is 0.339. The molecule has 0 saturated heterocycles. The lowest BCUT2D eigenvalue weighted by molar-refractivity contribution is 0.0560. The van der Waals surface area contributed by atoms with Gasteiger partial charge in [0.15, 0.2) is 0 Å². The van der Waals surface area contributed by atoms with Crippen LogP contribution in [0.4, 0.5) is 25.0 Å². The lowest BCUT2D eigenvalue weighted by atomic mass is 10.1. The Morgan fingerprint density at radius 3 is 2.66 bits per heavy atom. The van der Waals surface area contributed by atoms with Crippen LogP contribution in [0.3, 0.4) is 0 Å². The molecular weight excluding hydrogens is 488 g/mol. The van der Waals surface area contributed by atoms with Crippen LogP contribution >= 0.6 is 0 Å². The van der Waals surface area contributed by atoms with Crippen molar-refractivity contribution in [1.82, 2.24) is 9.78 Å². The van der Waals surface area contributed by atoms with Gasteiger partial charge in [0, 0.05) is 10.6 Å². The highest BCUT2D eigenvalue weighted by atomic mass is 32.2. The van der Waals surface area contributed by atoms with Crippen LogP contribution in [0.15, 0.2) is 34.4 Å². The normalized spacial score (nSPS) is 17.9. The topological polar surface area (TPSA) is 152 Å². The largest absolute Gasteiger partial charge is 0.486 e. The molecule has 35 heavy (non-hydrogen) atoms. The molecule has 2 atom stereocenters. The molecule has 1 aliphatic rings. The van der Waals surface area contributed by atoms with Crippen LogP contribution in [-0.2, 0) is 14.8 Å². The van der Waals surface area contributed by atoms with Crippen molar-refractivity contribution in [3.63, 3.8) is 0 Å². The van der Waals surface area contributed by atoms with Crippen molar-refractivity contribution in [2.24, 2.45) is 5.11 Å². The molecule has 0 fully saturated rings. The monoisotopic (exact) mass is 513 g/mol. The molecule has 1 aliphatic heterocycles. The van der Waals surface area contributed by atoms with Crippen molar-refractivity contribution in [2.75, 3.05) is 16.2 Å². The van der Waals surface area contributed by atoms with Gasteiger partial charge in [-0.1, -0.05) is 5.11 Å². The minimum absolute atomic E-state index is 0.0486. The fourth-order valence-electron chi connectivity index (χ4n) is 3.50. The number of anilines is 2. The zero-order chi connectivity index (χ0) is 26.1. The summed E-state index contributed by atoms with van der Waals surface area (Å²) in [5.74, 6) is 0.124. The van der Waals surface area contributed by atoms with E-state index in [-0.39, 0.29) is 34.0 Å². The van der Waals surface area contributed by atoms with Crippen LogP contribution in [-0.4, -0.2) is 48.6 Å². The summed E-state index contributed by atoms with van der Waals surface area (Å²) in [4.78, 5) is 14.5. The van der Waals surface area contributed by atoms with Crippen molar-refractivity contribution < 1.29 is 31.5 Å². The number of rotatable bonds is 6. The molecule has 0 aliphatic carbocycles. The predicted octanol–water partition coefficient (Wildman–Crippen LogP) is 4.59. The molecule has 1 aromatic carbocycles. The number of alkyl halides is 2. The molecule has 0 radical (unpaired) electrons. The molecule has 12 nitrogen and oxygen atoms in total. The number of aromatic nitrogens is 2. The average Bonchev–Trinajstić information content (AvgIpc) is 3.13. The van der Waals surface area contributed by atoms with Gasteiger partial charge in [-0.3, -0.25) is 9.62 Å². The highest BCUT2D eigenvalue weighted by molar-refractivity contribution is 7.93. The summed E-state index contributed by atoms with van der Waals surface area (Å²) in [5.41, 5.74) is 8.08. The maximum Gasteiger partial charge on any atom is 0.412 e. The molecule has 0 saturated carbocycles. The van der Waals surface area contributed by atoms with E-state index in [1.54, 1.807) is 20.8 Å². The number of sulfonamides is 1. The van der Waals surface area contributed by atoms with E-state index < -0.39 is 45.3 Å². The second kappa shape index (κ2) is 9.58. The van der Waals surface area contributed by atoms with Crippen molar-refractivity contribution >= 4 is 27.5 Å². The first-order valence-corrected chi connectivity index (χ1v) is 11.9. The highest BCUT2D eigenvalue weighted by Crippen LogP contribution is 2.42. The van der Waals surface area contributed by atoms with Gasteiger partial charge in [-0.15, -0.1) is 0 Å². The van der Waals surface area contributed by atoms with Crippen LogP contribution < -0.4 is 14.4 Å². The molecular formula is C20H25F2N7O5S. The van der Waals surface area contributed by atoms with Crippen LogP contribution in [0.5, 0.6) is 5.75 Å². The van der Waals surface area contributed by atoms with Gasteiger partial charge in [0.2, 0.25) is 0 Å². The summed E-state index contributed by atoms with van der Waals surface area (Å²) in [6.07, 6.45) is -0.877. The third-order valence-electron chi connectivity index (χ3n) is 4.96. The molecule has 1 amide bonds. The van der Waals surface area contributed by atoms with Crippen LogP contribution in [0.2, 0.25) is 0 Å². The van der Waals surface area contributed by atoms with Crippen LogP contribution in [0, 0.1) is 6.92 Å². The van der Waals surface area contributed by atoms with Gasteiger partial charge < -0.3 is 9.47 Å². The Morgan fingerprint density at radius 1 is 1.40 bits per heavy atom. The summed E-state index contributed by atoms with van der Waals surface area (Å²) in [6, 6.07) is 3.37. The molecule has 2 heterocycles. The number of ether oxygens (including phenoxy) is 2. The number of benzene rings is 1. The zero-order valence-electron chi connectivity index (χ0n) is 19.6. The number of hydrogen-bond donors (Lipinski definition) is 1. The smallest absolute Gasteiger partial charge is 0.412 e. The summed E-state index contributed by atoms with van der Waals surface area (Å²) in [7, 11) is -4.44. The Bertz CT molecular complexity index is 1270. The van der Waals surface area contributed by atoms with E-state index in [4.69, 9.17) is 15.0 Å². The number of fused-ring (bicyclic) bond motifs is 1. The number of aryl methyl sites for hydroxylation is 1. The van der Waals surface area contributed by atoms with E-state index in [1.165, 1.54) is 32.0 Å². The van der Waals surface area contributed by atoms with E-state index in [1.807, 2.05) is 0 Å². The van der Waals surface area contributed by atoms with Gasteiger partial charge in [-0.25, -0.2) is 17.9 Å². The maximum absolute atomic E-state index is 13.7. The third-order valence-corrected chi connectivity index (χ3v) is 6.96. The summed E-state index contributed by atoms with van der Waals surface area (Å²) < 4.78 is 66.1. The van der Waals surface area contributed by atoms with Gasteiger partial charge in [0.25, 0.3) is 10.0 Å². The van der Waals surface area contributed by atoms with E-state index in [0.717, 1.165) is 10.5 Å². The molecule has 2 aromatic rings. The molecule has 190 valence electrons. The SMILES string of the molecule is Cc1nn(C(F)F)cc1S(=O)(=O)N1c2cc(NC(=O)OC(C)(C)C)ccc2O[C@@H](CN=[N+]=[N-])[C@H]1C. The molecule has 0 spiro atoms. The molecule has 1 N–H and O–H groups in total. The van der Waals surface area contributed by atoms with E-state index in [0.29, 0.717) is 0 Å². The van der Waals surface area contributed by atoms with Crippen molar-refractivity contribution in [2.45, 2.75) is 63.8 Å². The number of halogens is 2. The Balaban J connectivity index is 2.10. The second-order valence-electron chi connectivity index (χ2n) is 8.76. The molecule has 0 bridgehead atoms. The Hall–Kier alpha value is -3.58. The molecule has 15 heteroatoms. The fourth-order valence-corrected chi connectivity index (χ4v) is 5.34. The number of carbonyl (C=O) groups is 1. The van der Waals surface area contributed by atoms with Crippen molar-refractivity contribution in [3.05, 3.63) is 40.5 Å². The number of nitrogens with zero attached hydrogens (tertiary/aromatic N) is 6. The molecule has 1 aromatic heterocycles. The zero-order valence-corrected chi connectivity index (χ0v) is 20.5. The van der Waals surface area contributed by atoms with Crippen molar-refractivity contribution in [3.8, 4) is 5.75 Å². The summed E-state index contributed by atoms with van der Waals surface area (Å²) >= 11 is 0. The lowest BCUT2D eigenvalue weighted by Crippen LogP contribution is -2.52. The first-order valence-electron chi connectivity index (χ1n) is 10.4. The standard InChI is InChI=1S/C20H25F2N7O5S/c1-11-17(10-28(26-11)18(21)22)35(31,32)29-12(2)16(9-24-27-23)33-15-7-6-13(8-14(15)29)25-19(30)34-20(3,4)5/h6-8,10,12,16,18H,9H2,1-5H3,(H,25,30)/t12-,16+/m1/s1. The number of carbonyl (C=O) groups excluding carboxylic acids is 1. The van der Waals surface area contributed by atoms with Gasteiger partial charge in [0.1, 0.15) is 22.4 Å². The Labute approximate surface area is 200 Å². The van der Waals surface area contributed by atoms with Gasteiger partial charge in [-0.05, 0) is 58.3 Å². The van der Waals surface area contributed by atoms with Crippen LogP contribution in [0.25, 0.3) is 10.4 Å². The summed E-state index contributed by atoms with van der Waals surface area (Å²) in [5, 5.41) is 9.62. The van der Waals surface area contributed by atoms with Gasteiger partial charge in [0.05, 0.1) is 30.2 Å². The van der Waals surface area contributed by atoms with E-state index in [9.17, 15) is 22.0 Å². The van der Waals surface area contributed by atoms with Crippen LogP contribution in [0.1, 0.15) is 39.9 Å².